The van der Waals surface area contributed by atoms with Gasteiger partial charge in [-0.05, 0) is 61.7 Å². The standard InChI is InChI=1S/C17H19BrClN/c1-12-6-7-14(17(19)8-12)11-16(20-2)10-13-4-3-5-15(18)9-13/h3-9,16,20H,10-11H2,1-2H3. The number of benzene rings is 2. The summed E-state index contributed by atoms with van der Waals surface area (Å²) in [6, 6.07) is 15.1. The molecule has 1 atom stereocenters. The normalized spacial score (nSPS) is 12.4. The summed E-state index contributed by atoms with van der Waals surface area (Å²) in [5.74, 6) is 0. The quantitative estimate of drug-likeness (QED) is 0.816. The van der Waals surface area contributed by atoms with Gasteiger partial charge in [0.25, 0.3) is 0 Å². The molecule has 0 aromatic heterocycles. The first-order valence-corrected chi connectivity index (χ1v) is 7.92. The number of hydrogen-bond acceptors (Lipinski definition) is 1. The van der Waals surface area contributed by atoms with Crippen LogP contribution in [0.1, 0.15) is 16.7 Å². The Bertz CT molecular complexity index is 583. The minimum atomic E-state index is 0.379. The van der Waals surface area contributed by atoms with Gasteiger partial charge in [0.15, 0.2) is 0 Å². The third-order valence-electron chi connectivity index (χ3n) is 3.45. The van der Waals surface area contributed by atoms with E-state index in [9.17, 15) is 0 Å². The Morgan fingerprint density at radius 1 is 1.15 bits per heavy atom. The summed E-state index contributed by atoms with van der Waals surface area (Å²) in [5.41, 5.74) is 3.72. The molecule has 1 nitrogen and oxygen atoms in total. The molecule has 0 heterocycles. The molecule has 0 spiro atoms. The van der Waals surface area contributed by atoms with Gasteiger partial charge in [-0.1, -0.05) is 51.8 Å². The summed E-state index contributed by atoms with van der Waals surface area (Å²) >= 11 is 9.84. The highest BCUT2D eigenvalue weighted by molar-refractivity contribution is 9.10. The van der Waals surface area contributed by atoms with Crippen LogP contribution in [0.5, 0.6) is 0 Å². The second kappa shape index (κ2) is 7.26. The lowest BCUT2D eigenvalue weighted by atomic mass is 9.98. The molecule has 3 heteroatoms. The number of nitrogens with one attached hydrogen (secondary N) is 1. The van der Waals surface area contributed by atoms with Gasteiger partial charge in [0.05, 0.1) is 0 Å². The fraction of sp³-hybridized carbons (Fsp3) is 0.294. The second-order valence-electron chi connectivity index (χ2n) is 5.12. The van der Waals surface area contributed by atoms with Crippen molar-refractivity contribution in [2.24, 2.45) is 0 Å². The van der Waals surface area contributed by atoms with E-state index in [1.54, 1.807) is 0 Å². The fourth-order valence-electron chi connectivity index (χ4n) is 2.31. The van der Waals surface area contributed by atoms with Crippen molar-refractivity contribution in [3.63, 3.8) is 0 Å². The molecule has 0 amide bonds. The summed E-state index contributed by atoms with van der Waals surface area (Å²) in [5, 5.41) is 4.25. The number of halogens is 2. The van der Waals surface area contributed by atoms with Crippen molar-refractivity contribution >= 4 is 27.5 Å². The van der Waals surface area contributed by atoms with Gasteiger partial charge < -0.3 is 5.32 Å². The monoisotopic (exact) mass is 351 g/mol. The average Bonchev–Trinajstić information content (AvgIpc) is 2.41. The molecular weight excluding hydrogens is 334 g/mol. The summed E-state index contributed by atoms with van der Waals surface area (Å²) in [6.45, 7) is 2.06. The van der Waals surface area contributed by atoms with E-state index in [2.05, 4.69) is 64.6 Å². The molecule has 0 saturated heterocycles. The average molecular weight is 353 g/mol. The van der Waals surface area contributed by atoms with Crippen molar-refractivity contribution in [3.05, 3.63) is 68.7 Å². The summed E-state index contributed by atoms with van der Waals surface area (Å²) in [4.78, 5) is 0. The molecule has 0 aliphatic carbocycles. The first-order valence-electron chi connectivity index (χ1n) is 6.75. The van der Waals surface area contributed by atoms with Crippen molar-refractivity contribution in [1.29, 1.82) is 0 Å². The summed E-state index contributed by atoms with van der Waals surface area (Å²) < 4.78 is 1.12. The Kier molecular flexibility index (Phi) is 5.64. The third kappa shape index (κ3) is 4.34. The van der Waals surface area contributed by atoms with Crippen LogP contribution in [0, 0.1) is 6.92 Å². The van der Waals surface area contributed by atoms with Crippen LogP contribution in [0.3, 0.4) is 0 Å². The van der Waals surface area contributed by atoms with Gasteiger partial charge >= 0.3 is 0 Å². The largest absolute Gasteiger partial charge is 0.316 e. The van der Waals surface area contributed by atoms with Crippen LogP contribution < -0.4 is 5.32 Å². The molecule has 0 bridgehead atoms. The molecular formula is C17H19BrClN. The lowest BCUT2D eigenvalue weighted by molar-refractivity contribution is 0.556. The van der Waals surface area contributed by atoms with Gasteiger partial charge in [0.2, 0.25) is 0 Å². The smallest absolute Gasteiger partial charge is 0.0441 e. The minimum absolute atomic E-state index is 0.379. The topological polar surface area (TPSA) is 12.0 Å². The Balaban J connectivity index is 2.09. The number of aryl methyl sites for hydroxylation is 1. The van der Waals surface area contributed by atoms with Crippen LogP contribution >= 0.6 is 27.5 Å². The van der Waals surface area contributed by atoms with E-state index in [0.29, 0.717) is 6.04 Å². The third-order valence-corrected chi connectivity index (χ3v) is 4.30. The van der Waals surface area contributed by atoms with Crippen molar-refractivity contribution in [2.75, 3.05) is 7.05 Å². The van der Waals surface area contributed by atoms with Crippen LogP contribution in [0.15, 0.2) is 46.9 Å². The van der Waals surface area contributed by atoms with Crippen LogP contribution in [0.4, 0.5) is 0 Å². The predicted molar refractivity (Wildman–Crippen MR) is 90.6 cm³/mol. The maximum Gasteiger partial charge on any atom is 0.0441 e. The van der Waals surface area contributed by atoms with Crippen LogP contribution in [0.2, 0.25) is 5.02 Å². The molecule has 20 heavy (non-hydrogen) atoms. The molecule has 2 aromatic carbocycles. The van der Waals surface area contributed by atoms with Gasteiger partial charge in [0.1, 0.15) is 0 Å². The molecule has 0 radical (unpaired) electrons. The molecule has 0 fully saturated rings. The van der Waals surface area contributed by atoms with E-state index in [-0.39, 0.29) is 0 Å². The van der Waals surface area contributed by atoms with E-state index in [1.165, 1.54) is 16.7 Å². The molecule has 0 aliphatic rings. The predicted octanol–water partition coefficient (Wildman–Crippen LogP) is 4.78. The van der Waals surface area contributed by atoms with E-state index in [0.717, 1.165) is 22.3 Å². The fourth-order valence-corrected chi connectivity index (χ4v) is 3.07. The molecule has 106 valence electrons. The highest BCUT2D eigenvalue weighted by Gasteiger charge is 2.11. The van der Waals surface area contributed by atoms with Gasteiger partial charge in [0, 0.05) is 15.5 Å². The maximum atomic E-state index is 6.32. The molecule has 1 unspecified atom stereocenters. The number of hydrogen-bond donors (Lipinski definition) is 1. The number of likely N-dealkylation sites (N-methyl/N-ethyl adjacent to an activating group) is 1. The van der Waals surface area contributed by atoms with Crippen LogP contribution in [-0.4, -0.2) is 13.1 Å². The van der Waals surface area contributed by atoms with Crippen molar-refractivity contribution in [1.82, 2.24) is 5.32 Å². The highest BCUT2D eigenvalue weighted by Crippen LogP contribution is 2.20. The van der Waals surface area contributed by atoms with Gasteiger partial charge in [-0.3, -0.25) is 0 Å². The molecule has 2 rings (SSSR count). The first kappa shape index (κ1) is 15.6. The zero-order chi connectivity index (χ0) is 14.5. The molecule has 0 aliphatic heterocycles. The lowest BCUT2D eigenvalue weighted by Gasteiger charge is -2.17. The molecule has 0 saturated carbocycles. The van der Waals surface area contributed by atoms with Gasteiger partial charge in [-0.25, -0.2) is 0 Å². The molecule has 1 N–H and O–H groups in total. The molecule has 2 aromatic rings. The van der Waals surface area contributed by atoms with Crippen molar-refractivity contribution < 1.29 is 0 Å². The van der Waals surface area contributed by atoms with Crippen molar-refractivity contribution in [2.45, 2.75) is 25.8 Å². The summed E-state index contributed by atoms with van der Waals surface area (Å²) in [7, 11) is 2.00. The Labute approximate surface area is 134 Å². The Morgan fingerprint density at radius 3 is 2.60 bits per heavy atom. The van der Waals surface area contributed by atoms with Gasteiger partial charge in [-0.15, -0.1) is 0 Å². The van der Waals surface area contributed by atoms with Gasteiger partial charge in [-0.2, -0.15) is 0 Å². The lowest BCUT2D eigenvalue weighted by Crippen LogP contribution is -2.30. The van der Waals surface area contributed by atoms with Crippen LogP contribution in [-0.2, 0) is 12.8 Å². The van der Waals surface area contributed by atoms with E-state index >= 15 is 0 Å². The Morgan fingerprint density at radius 2 is 1.95 bits per heavy atom. The number of rotatable bonds is 5. The SMILES string of the molecule is CNC(Cc1cccc(Br)c1)Cc1ccc(C)cc1Cl. The zero-order valence-electron chi connectivity index (χ0n) is 11.8. The summed E-state index contributed by atoms with van der Waals surface area (Å²) in [6.07, 6.45) is 1.92. The van der Waals surface area contributed by atoms with Crippen LogP contribution in [0.25, 0.3) is 0 Å². The first-order chi connectivity index (χ1) is 9.58. The minimum Gasteiger partial charge on any atom is -0.316 e. The van der Waals surface area contributed by atoms with E-state index in [4.69, 9.17) is 11.6 Å². The zero-order valence-corrected chi connectivity index (χ0v) is 14.1. The van der Waals surface area contributed by atoms with E-state index < -0.39 is 0 Å². The van der Waals surface area contributed by atoms with E-state index in [1.807, 2.05) is 13.1 Å². The highest BCUT2D eigenvalue weighted by atomic mass is 79.9. The Hall–Kier alpha value is -0.830. The van der Waals surface area contributed by atoms with Crippen molar-refractivity contribution in [3.8, 4) is 0 Å². The maximum absolute atomic E-state index is 6.32. The second-order valence-corrected chi connectivity index (χ2v) is 6.44.